The SMILES string of the molecule is CC.COc1cncc(Cl)c1. The minimum absolute atomic E-state index is 0.592. The third-order valence-electron chi connectivity index (χ3n) is 0.915. The van der Waals surface area contributed by atoms with Crippen molar-refractivity contribution < 1.29 is 4.74 Å². The Kier molecular flexibility index (Phi) is 5.57. The van der Waals surface area contributed by atoms with Gasteiger partial charge >= 0.3 is 0 Å². The fourth-order valence-corrected chi connectivity index (χ4v) is 0.668. The molecule has 0 aliphatic rings. The number of methoxy groups -OCH3 is 1. The summed E-state index contributed by atoms with van der Waals surface area (Å²) in [5.41, 5.74) is 0. The Morgan fingerprint density at radius 1 is 1.36 bits per heavy atom. The zero-order valence-electron chi connectivity index (χ0n) is 6.97. The molecule has 1 heterocycles. The summed E-state index contributed by atoms with van der Waals surface area (Å²) >= 11 is 5.58. The number of ether oxygens (including phenoxy) is 1. The summed E-state index contributed by atoms with van der Waals surface area (Å²) in [6.45, 7) is 4.00. The average Bonchev–Trinajstić information content (AvgIpc) is 2.08. The molecule has 0 fully saturated rings. The molecule has 0 radical (unpaired) electrons. The molecule has 0 aromatic carbocycles. The Bertz CT molecular complexity index is 203. The van der Waals surface area contributed by atoms with E-state index in [1.807, 2.05) is 13.8 Å². The molecule has 0 N–H and O–H groups in total. The standard InChI is InChI=1S/C6H6ClNO.C2H6/c1-9-6-2-5(7)3-8-4-6;1-2/h2-4H,1H3;1-2H3. The molecule has 0 amide bonds. The third-order valence-corrected chi connectivity index (χ3v) is 1.12. The van der Waals surface area contributed by atoms with Crippen LogP contribution >= 0.6 is 11.6 Å². The van der Waals surface area contributed by atoms with E-state index < -0.39 is 0 Å². The second-order valence-corrected chi connectivity index (χ2v) is 1.98. The zero-order chi connectivity index (χ0) is 8.69. The minimum Gasteiger partial charge on any atom is -0.495 e. The minimum atomic E-state index is 0.592. The van der Waals surface area contributed by atoms with Crippen LogP contribution in [0, 0.1) is 0 Å². The largest absolute Gasteiger partial charge is 0.495 e. The highest BCUT2D eigenvalue weighted by Crippen LogP contribution is 2.13. The van der Waals surface area contributed by atoms with Gasteiger partial charge in [-0.2, -0.15) is 0 Å². The molecule has 3 heteroatoms. The van der Waals surface area contributed by atoms with Crippen LogP contribution in [0.15, 0.2) is 18.5 Å². The maximum absolute atomic E-state index is 5.58. The summed E-state index contributed by atoms with van der Waals surface area (Å²) in [6, 6.07) is 1.70. The van der Waals surface area contributed by atoms with E-state index in [-0.39, 0.29) is 0 Å². The lowest BCUT2D eigenvalue weighted by Crippen LogP contribution is -1.82. The highest BCUT2D eigenvalue weighted by molar-refractivity contribution is 6.30. The summed E-state index contributed by atoms with van der Waals surface area (Å²) in [5, 5.41) is 0.592. The molecule has 0 saturated heterocycles. The van der Waals surface area contributed by atoms with Gasteiger partial charge in [-0.1, -0.05) is 25.4 Å². The van der Waals surface area contributed by atoms with Gasteiger partial charge in [0.25, 0.3) is 0 Å². The lowest BCUT2D eigenvalue weighted by atomic mass is 10.5. The molecule has 1 rings (SSSR count). The van der Waals surface area contributed by atoms with Gasteiger partial charge in [0.1, 0.15) is 5.75 Å². The molecule has 0 unspecified atom stereocenters. The van der Waals surface area contributed by atoms with Gasteiger partial charge in [0.15, 0.2) is 0 Å². The van der Waals surface area contributed by atoms with Crippen LogP contribution in [-0.4, -0.2) is 12.1 Å². The third kappa shape index (κ3) is 3.83. The van der Waals surface area contributed by atoms with Gasteiger partial charge in [-0.25, -0.2) is 0 Å². The molecule has 1 aromatic heterocycles. The van der Waals surface area contributed by atoms with E-state index in [9.17, 15) is 0 Å². The molecular formula is C8H12ClNO. The van der Waals surface area contributed by atoms with Crippen LogP contribution in [-0.2, 0) is 0 Å². The number of halogens is 1. The van der Waals surface area contributed by atoms with Crippen LogP contribution in [0.4, 0.5) is 0 Å². The summed E-state index contributed by atoms with van der Waals surface area (Å²) in [6.07, 6.45) is 3.16. The van der Waals surface area contributed by atoms with Crippen molar-refractivity contribution in [3.63, 3.8) is 0 Å². The van der Waals surface area contributed by atoms with Gasteiger partial charge in [-0.15, -0.1) is 0 Å². The first-order chi connectivity index (χ1) is 5.33. The fourth-order valence-electron chi connectivity index (χ4n) is 0.504. The van der Waals surface area contributed by atoms with Crippen molar-refractivity contribution in [1.29, 1.82) is 0 Å². The molecule has 0 aliphatic heterocycles. The summed E-state index contributed by atoms with van der Waals surface area (Å²) in [7, 11) is 1.58. The Hall–Kier alpha value is -0.760. The first-order valence-electron chi connectivity index (χ1n) is 3.47. The molecule has 0 spiro atoms. The molecule has 0 atom stereocenters. The van der Waals surface area contributed by atoms with Crippen molar-refractivity contribution in [3.05, 3.63) is 23.5 Å². The van der Waals surface area contributed by atoms with Gasteiger partial charge in [0.05, 0.1) is 18.3 Å². The smallest absolute Gasteiger partial charge is 0.138 e. The highest BCUT2D eigenvalue weighted by Gasteiger charge is 1.89. The van der Waals surface area contributed by atoms with Crippen molar-refractivity contribution in [2.24, 2.45) is 0 Å². The van der Waals surface area contributed by atoms with Crippen molar-refractivity contribution in [1.82, 2.24) is 4.98 Å². The van der Waals surface area contributed by atoms with E-state index in [4.69, 9.17) is 16.3 Å². The topological polar surface area (TPSA) is 22.1 Å². The van der Waals surface area contributed by atoms with E-state index in [0.29, 0.717) is 10.8 Å². The number of aromatic nitrogens is 1. The Balaban J connectivity index is 0.000000461. The molecule has 0 saturated carbocycles. The maximum Gasteiger partial charge on any atom is 0.138 e. The van der Waals surface area contributed by atoms with Gasteiger partial charge in [0, 0.05) is 12.3 Å². The van der Waals surface area contributed by atoms with Crippen LogP contribution in [0.3, 0.4) is 0 Å². The molecule has 2 nitrogen and oxygen atoms in total. The van der Waals surface area contributed by atoms with Crippen molar-refractivity contribution in [2.45, 2.75) is 13.8 Å². The van der Waals surface area contributed by atoms with Crippen LogP contribution in [0.2, 0.25) is 5.02 Å². The molecule has 0 aliphatic carbocycles. The predicted octanol–water partition coefficient (Wildman–Crippen LogP) is 2.77. The van der Waals surface area contributed by atoms with Crippen LogP contribution in [0.25, 0.3) is 0 Å². The van der Waals surface area contributed by atoms with Crippen LogP contribution in [0.1, 0.15) is 13.8 Å². The second-order valence-electron chi connectivity index (χ2n) is 1.54. The molecule has 0 bridgehead atoms. The van der Waals surface area contributed by atoms with Gasteiger partial charge in [0.2, 0.25) is 0 Å². The number of pyridine rings is 1. The number of rotatable bonds is 1. The second kappa shape index (κ2) is 5.98. The van der Waals surface area contributed by atoms with Gasteiger partial charge in [-0.3, -0.25) is 4.98 Å². The summed E-state index contributed by atoms with van der Waals surface area (Å²) in [5.74, 6) is 0.683. The number of nitrogens with zero attached hydrogens (tertiary/aromatic N) is 1. The maximum atomic E-state index is 5.58. The quantitative estimate of drug-likeness (QED) is 0.652. The van der Waals surface area contributed by atoms with Crippen LogP contribution in [0.5, 0.6) is 5.75 Å². The van der Waals surface area contributed by atoms with E-state index in [1.165, 1.54) is 0 Å². The predicted molar refractivity (Wildman–Crippen MR) is 47.1 cm³/mol. The highest BCUT2D eigenvalue weighted by atomic mass is 35.5. The van der Waals surface area contributed by atoms with Gasteiger partial charge in [-0.05, 0) is 0 Å². The van der Waals surface area contributed by atoms with E-state index in [0.717, 1.165) is 0 Å². The molecule has 1 aromatic rings. The Labute approximate surface area is 72.2 Å². The normalized spacial score (nSPS) is 8.00. The zero-order valence-corrected chi connectivity index (χ0v) is 7.72. The molecular weight excluding hydrogens is 162 g/mol. The Morgan fingerprint density at radius 2 is 2.00 bits per heavy atom. The number of hydrogen-bond donors (Lipinski definition) is 0. The first kappa shape index (κ1) is 10.2. The van der Waals surface area contributed by atoms with Crippen molar-refractivity contribution in [2.75, 3.05) is 7.11 Å². The fraction of sp³-hybridized carbons (Fsp3) is 0.375. The van der Waals surface area contributed by atoms with Crippen molar-refractivity contribution >= 4 is 11.6 Å². The molecule has 62 valence electrons. The molecule has 11 heavy (non-hydrogen) atoms. The van der Waals surface area contributed by atoms with E-state index >= 15 is 0 Å². The van der Waals surface area contributed by atoms with Gasteiger partial charge < -0.3 is 4.74 Å². The van der Waals surface area contributed by atoms with E-state index in [2.05, 4.69) is 4.98 Å². The summed E-state index contributed by atoms with van der Waals surface area (Å²) in [4.78, 5) is 3.80. The lowest BCUT2D eigenvalue weighted by molar-refractivity contribution is 0.413. The van der Waals surface area contributed by atoms with Crippen molar-refractivity contribution in [3.8, 4) is 5.75 Å². The lowest BCUT2D eigenvalue weighted by Gasteiger charge is -1.95. The van der Waals surface area contributed by atoms with Crippen LogP contribution < -0.4 is 4.74 Å². The number of hydrogen-bond acceptors (Lipinski definition) is 2. The monoisotopic (exact) mass is 173 g/mol. The Morgan fingerprint density at radius 3 is 2.36 bits per heavy atom. The summed E-state index contributed by atoms with van der Waals surface area (Å²) < 4.78 is 4.85. The first-order valence-corrected chi connectivity index (χ1v) is 3.85. The average molecular weight is 174 g/mol. The van der Waals surface area contributed by atoms with E-state index in [1.54, 1.807) is 25.6 Å².